The van der Waals surface area contributed by atoms with Gasteiger partial charge in [0.2, 0.25) is 5.91 Å². The lowest BCUT2D eigenvalue weighted by Crippen LogP contribution is -2.24. The van der Waals surface area contributed by atoms with Gasteiger partial charge in [-0.15, -0.1) is 11.3 Å². The maximum absolute atomic E-state index is 12.4. The Bertz CT molecular complexity index is 1090. The molecular formula is C25H22N2OS. The molecule has 29 heavy (non-hydrogen) atoms. The summed E-state index contributed by atoms with van der Waals surface area (Å²) in [6.45, 7) is 2.50. The minimum Gasteiger partial charge on any atom is -0.351 e. The van der Waals surface area contributed by atoms with E-state index in [1.807, 2.05) is 55.5 Å². The molecule has 4 rings (SSSR count). The zero-order chi connectivity index (χ0) is 20.1. The molecule has 0 saturated carbocycles. The van der Waals surface area contributed by atoms with E-state index in [1.54, 1.807) is 11.3 Å². The quantitative estimate of drug-likeness (QED) is 0.456. The maximum Gasteiger partial charge on any atom is 0.224 e. The molecule has 4 aromatic rings. The number of carbonyl (C=O) groups is 1. The van der Waals surface area contributed by atoms with Crippen LogP contribution >= 0.6 is 11.3 Å². The highest BCUT2D eigenvalue weighted by Gasteiger charge is 2.11. The summed E-state index contributed by atoms with van der Waals surface area (Å²) in [4.78, 5) is 18.1. The third kappa shape index (κ3) is 4.79. The minimum absolute atomic E-state index is 0.0199. The third-order valence-corrected chi connectivity index (χ3v) is 5.99. The van der Waals surface area contributed by atoms with E-state index in [9.17, 15) is 4.79 Å². The normalized spacial score (nSPS) is 10.7. The van der Waals surface area contributed by atoms with Crippen LogP contribution < -0.4 is 5.32 Å². The second kappa shape index (κ2) is 8.84. The number of benzene rings is 3. The molecule has 1 amide bonds. The van der Waals surface area contributed by atoms with Crippen molar-refractivity contribution in [3.8, 4) is 21.7 Å². The van der Waals surface area contributed by atoms with Gasteiger partial charge in [0.25, 0.3) is 0 Å². The molecule has 0 fully saturated rings. The van der Waals surface area contributed by atoms with Crippen molar-refractivity contribution in [3.63, 3.8) is 0 Å². The number of rotatable bonds is 6. The van der Waals surface area contributed by atoms with Crippen LogP contribution in [0.4, 0.5) is 0 Å². The lowest BCUT2D eigenvalue weighted by atomic mass is 10.0. The molecule has 4 heteroatoms. The van der Waals surface area contributed by atoms with Crippen LogP contribution in [0, 0.1) is 6.92 Å². The summed E-state index contributed by atoms with van der Waals surface area (Å²) in [5, 5.41) is 4.02. The van der Waals surface area contributed by atoms with Gasteiger partial charge in [-0.2, -0.15) is 0 Å². The van der Waals surface area contributed by atoms with E-state index in [1.165, 1.54) is 5.56 Å². The Morgan fingerprint density at radius 3 is 2.07 bits per heavy atom. The number of hydrogen-bond donors (Lipinski definition) is 1. The summed E-state index contributed by atoms with van der Waals surface area (Å²) >= 11 is 1.63. The van der Waals surface area contributed by atoms with Gasteiger partial charge >= 0.3 is 0 Å². The third-order valence-electron chi connectivity index (χ3n) is 4.79. The summed E-state index contributed by atoms with van der Waals surface area (Å²) in [6.07, 6.45) is 0.373. The van der Waals surface area contributed by atoms with E-state index in [-0.39, 0.29) is 5.91 Å². The van der Waals surface area contributed by atoms with Crippen LogP contribution in [0.15, 0.2) is 84.9 Å². The first-order valence-corrected chi connectivity index (χ1v) is 10.4. The van der Waals surface area contributed by atoms with Crippen LogP contribution in [0.1, 0.15) is 16.1 Å². The molecule has 1 N–H and O–H groups in total. The van der Waals surface area contributed by atoms with Crippen LogP contribution in [0.2, 0.25) is 0 Å². The molecule has 3 nitrogen and oxygen atoms in total. The molecule has 0 saturated heterocycles. The number of aryl methyl sites for hydroxylation is 1. The maximum atomic E-state index is 12.4. The minimum atomic E-state index is 0.0199. The molecule has 1 aromatic heterocycles. The van der Waals surface area contributed by atoms with Crippen molar-refractivity contribution in [2.75, 3.05) is 0 Å². The molecule has 0 aliphatic heterocycles. The van der Waals surface area contributed by atoms with E-state index in [4.69, 9.17) is 0 Å². The highest BCUT2D eigenvalue weighted by molar-refractivity contribution is 7.15. The van der Waals surface area contributed by atoms with Gasteiger partial charge in [0.15, 0.2) is 0 Å². The number of hydrogen-bond acceptors (Lipinski definition) is 3. The van der Waals surface area contributed by atoms with Crippen molar-refractivity contribution in [1.82, 2.24) is 10.3 Å². The highest BCUT2D eigenvalue weighted by atomic mass is 32.1. The van der Waals surface area contributed by atoms with Gasteiger partial charge in [-0.05, 0) is 23.6 Å². The topological polar surface area (TPSA) is 42.0 Å². The molecule has 1 heterocycles. The Morgan fingerprint density at radius 2 is 1.41 bits per heavy atom. The lowest BCUT2D eigenvalue weighted by molar-refractivity contribution is -0.120. The number of amides is 1. The fraction of sp³-hybridized carbons (Fsp3) is 0.120. The Kier molecular flexibility index (Phi) is 5.82. The summed E-state index contributed by atoms with van der Waals surface area (Å²) in [6, 6.07) is 28.5. The van der Waals surface area contributed by atoms with Crippen LogP contribution in [-0.2, 0) is 17.8 Å². The Balaban J connectivity index is 1.35. The first-order chi connectivity index (χ1) is 14.2. The van der Waals surface area contributed by atoms with Crippen molar-refractivity contribution >= 4 is 17.2 Å². The second-order valence-corrected chi connectivity index (χ2v) is 7.99. The van der Waals surface area contributed by atoms with Crippen LogP contribution in [0.3, 0.4) is 0 Å². The number of aromatic nitrogens is 1. The lowest BCUT2D eigenvalue weighted by Gasteiger charge is -2.06. The molecule has 0 spiro atoms. The van der Waals surface area contributed by atoms with Crippen LogP contribution in [0.5, 0.6) is 0 Å². The first-order valence-electron chi connectivity index (χ1n) is 9.62. The van der Waals surface area contributed by atoms with Gasteiger partial charge in [-0.25, -0.2) is 4.98 Å². The van der Waals surface area contributed by atoms with Crippen LogP contribution in [0.25, 0.3) is 21.7 Å². The van der Waals surface area contributed by atoms with Gasteiger partial charge in [0.1, 0.15) is 5.01 Å². The van der Waals surface area contributed by atoms with Gasteiger partial charge in [-0.3, -0.25) is 4.79 Å². The van der Waals surface area contributed by atoms with E-state index in [2.05, 4.69) is 46.7 Å². The van der Waals surface area contributed by atoms with Crippen LogP contribution in [-0.4, -0.2) is 10.9 Å². The summed E-state index contributed by atoms with van der Waals surface area (Å²) in [5.74, 6) is 0.0199. The van der Waals surface area contributed by atoms with Gasteiger partial charge in [0.05, 0.1) is 18.7 Å². The Labute approximate surface area is 175 Å². The molecule has 144 valence electrons. The summed E-state index contributed by atoms with van der Waals surface area (Å²) in [5.41, 5.74) is 5.42. The van der Waals surface area contributed by atoms with Crippen molar-refractivity contribution < 1.29 is 4.79 Å². The zero-order valence-electron chi connectivity index (χ0n) is 16.3. The van der Waals surface area contributed by atoms with Crippen molar-refractivity contribution in [3.05, 3.63) is 101 Å². The van der Waals surface area contributed by atoms with E-state index in [0.29, 0.717) is 13.0 Å². The number of nitrogens with zero attached hydrogens (tertiary/aromatic N) is 1. The average molecular weight is 399 g/mol. The van der Waals surface area contributed by atoms with Gasteiger partial charge in [-0.1, -0.05) is 84.9 Å². The smallest absolute Gasteiger partial charge is 0.224 e. The SMILES string of the molecule is Cc1nc(-c2ccccc2)sc1CNC(=O)Cc1ccc(-c2ccccc2)cc1. The molecule has 0 unspecified atom stereocenters. The fourth-order valence-corrected chi connectivity index (χ4v) is 4.18. The highest BCUT2D eigenvalue weighted by Crippen LogP contribution is 2.27. The Hall–Kier alpha value is -3.24. The number of thiazole rings is 1. The molecular weight excluding hydrogens is 376 g/mol. The van der Waals surface area contributed by atoms with Crippen molar-refractivity contribution in [2.45, 2.75) is 19.9 Å². The van der Waals surface area contributed by atoms with E-state index >= 15 is 0 Å². The first kappa shape index (κ1) is 19.1. The van der Waals surface area contributed by atoms with Gasteiger partial charge < -0.3 is 5.32 Å². The predicted molar refractivity (Wildman–Crippen MR) is 120 cm³/mol. The fourth-order valence-electron chi connectivity index (χ4n) is 3.17. The average Bonchev–Trinajstić information content (AvgIpc) is 3.15. The molecule has 0 aliphatic carbocycles. The van der Waals surface area contributed by atoms with Crippen molar-refractivity contribution in [2.24, 2.45) is 0 Å². The molecule has 3 aromatic carbocycles. The van der Waals surface area contributed by atoms with Crippen molar-refractivity contribution in [1.29, 1.82) is 0 Å². The monoisotopic (exact) mass is 398 g/mol. The zero-order valence-corrected chi connectivity index (χ0v) is 17.1. The Morgan fingerprint density at radius 1 is 0.828 bits per heavy atom. The molecule has 0 radical (unpaired) electrons. The molecule has 0 atom stereocenters. The number of carbonyl (C=O) groups excluding carboxylic acids is 1. The molecule has 0 aliphatic rings. The summed E-state index contributed by atoms with van der Waals surface area (Å²) < 4.78 is 0. The van der Waals surface area contributed by atoms with Gasteiger partial charge in [0, 0.05) is 10.4 Å². The largest absolute Gasteiger partial charge is 0.351 e. The summed E-state index contributed by atoms with van der Waals surface area (Å²) in [7, 11) is 0. The second-order valence-electron chi connectivity index (χ2n) is 6.91. The van der Waals surface area contributed by atoms with E-state index < -0.39 is 0 Å². The number of nitrogens with one attached hydrogen (secondary N) is 1. The predicted octanol–water partition coefficient (Wildman–Crippen LogP) is 5.64. The van der Waals surface area contributed by atoms with E-state index in [0.717, 1.165) is 32.3 Å². The standard InChI is InChI=1S/C25H22N2OS/c1-18-23(29-25(27-18)22-10-6-3-7-11-22)17-26-24(28)16-19-12-14-21(15-13-19)20-8-4-2-5-9-20/h2-15H,16-17H2,1H3,(H,26,28). The molecule has 0 bridgehead atoms.